The van der Waals surface area contributed by atoms with Crippen LogP contribution in [0.25, 0.3) is 39.7 Å². The van der Waals surface area contributed by atoms with E-state index >= 15 is 0 Å². The normalized spacial score (nSPS) is 11.8. The van der Waals surface area contributed by atoms with Crippen molar-refractivity contribution < 1.29 is 0 Å². The van der Waals surface area contributed by atoms with Gasteiger partial charge in [-0.1, -0.05) is 0 Å². The van der Waals surface area contributed by atoms with Crippen LogP contribution in [0.3, 0.4) is 0 Å². The third-order valence-corrected chi connectivity index (χ3v) is 3.98. The highest BCUT2D eigenvalue weighted by Crippen LogP contribution is 2.17. The molecular weight excluding hydrogens is 312 g/mol. The lowest BCUT2D eigenvalue weighted by Gasteiger charge is -1.96. The molecule has 5 aromatic rings. The Hall–Kier alpha value is -3.67. The molecule has 0 spiro atoms. The van der Waals surface area contributed by atoms with E-state index in [0.717, 1.165) is 33.3 Å². The average molecular weight is 324 g/mol. The molecule has 5 aromatic heterocycles. The predicted octanol–water partition coefficient (Wildman–Crippen LogP) is 3.39. The number of fused-ring (bicyclic) bond motifs is 4. The van der Waals surface area contributed by atoms with Crippen molar-refractivity contribution in [1.29, 1.82) is 0 Å². The van der Waals surface area contributed by atoms with Crippen LogP contribution in [0.4, 0.5) is 0 Å². The minimum Gasteiger partial charge on any atom is -0.256 e. The van der Waals surface area contributed by atoms with E-state index in [-0.39, 0.29) is 0 Å². The van der Waals surface area contributed by atoms with Crippen LogP contribution in [0.1, 0.15) is 11.5 Å². The third-order valence-electron chi connectivity index (χ3n) is 3.98. The highest BCUT2D eigenvalue weighted by Gasteiger charge is 2.06. The Labute approximate surface area is 142 Å². The minimum absolute atomic E-state index is 0.629. The van der Waals surface area contributed by atoms with Gasteiger partial charge in [0.2, 0.25) is 0 Å². The van der Waals surface area contributed by atoms with E-state index in [2.05, 4.69) is 25.0 Å². The standard InChI is InChI=1S/C19H12N6/c1-3-14-15(20-10-1)9-12-25-19(14)23-18(24-25)8-6-13-5-7-16-17(22-13)4-2-11-21-16/h1-12H/b8-6+. The van der Waals surface area contributed by atoms with Gasteiger partial charge in [0.15, 0.2) is 11.5 Å². The molecule has 0 fully saturated rings. The SMILES string of the molecule is C(=C\c1nc2c3cccnc3ccn2n1)/c1ccc2ncccc2n1. The van der Waals surface area contributed by atoms with E-state index < -0.39 is 0 Å². The maximum atomic E-state index is 4.60. The van der Waals surface area contributed by atoms with Crippen LogP contribution in [0.5, 0.6) is 0 Å². The smallest absolute Gasteiger partial charge is 0.175 e. The van der Waals surface area contributed by atoms with Crippen LogP contribution in [0.15, 0.2) is 61.1 Å². The van der Waals surface area contributed by atoms with E-state index in [4.69, 9.17) is 0 Å². The van der Waals surface area contributed by atoms with Gasteiger partial charge in [0.05, 0.1) is 22.2 Å². The molecule has 0 aliphatic heterocycles. The van der Waals surface area contributed by atoms with Crippen LogP contribution < -0.4 is 0 Å². The topological polar surface area (TPSA) is 68.9 Å². The lowest BCUT2D eigenvalue weighted by molar-refractivity contribution is 0.958. The highest BCUT2D eigenvalue weighted by atomic mass is 15.3. The molecule has 0 N–H and O–H groups in total. The molecule has 25 heavy (non-hydrogen) atoms. The molecule has 0 radical (unpaired) electrons. The van der Waals surface area contributed by atoms with Crippen molar-refractivity contribution in [2.45, 2.75) is 0 Å². The van der Waals surface area contributed by atoms with Crippen molar-refractivity contribution in [2.24, 2.45) is 0 Å². The van der Waals surface area contributed by atoms with E-state index in [1.54, 1.807) is 16.9 Å². The molecule has 5 rings (SSSR count). The minimum atomic E-state index is 0.629. The quantitative estimate of drug-likeness (QED) is 0.498. The van der Waals surface area contributed by atoms with Gasteiger partial charge < -0.3 is 0 Å². The number of hydrogen-bond donors (Lipinski definition) is 0. The molecule has 0 atom stereocenters. The summed E-state index contributed by atoms with van der Waals surface area (Å²) in [6, 6.07) is 13.5. The Balaban J connectivity index is 1.56. The zero-order valence-electron chi connectivity index (χ0n) is 13.1. The van der Waals surface area contributed by atoms with Gasteiger partial charge in [-0.15, -0.1) is 5.10 Å². The van der Waals surface area contributed by atoms with Gasteiger partial charge in [-0.3, -0.25) is 9.97 Å². The predicted molar refractivity (Wildman–Crippen MR) is 96.8 cm³/mol. The zero-order valence-corrected chi connectivity index (χ0v) is 13.1. The van der Waals surface area contributed by atoms with Crippen LogP contribution in [-0.4, -0.2) is 29.5 Å². The van der Waals surface area contributed by atoms with Crippen LogP contribution in [0, 0.1) is 0 Å². The first-order chi connectivity index (χ1) is 12.4. The van der Waals surface area contributed by atoms with Crippen molar-refractivity contribution >= 4 is 39.7 Å². The molecule has 0 bridgehead atoms. The first kappa shape index (κ1) is 13.7. The summed E-state index contributed by atoms with van der Waals surface area (Å²) < 4.78 is 1.77. The zero-order chi connectivity index (χ0) is 16.6. The summed E-state index contributed by atoms with van der Waals surface area (Å²) >= 11 is 0. The molecule has 0 saturated carbocycles. The summed E-state index contributed by atoms with van der Waals surface area (Å²) in [7, 11) is 0. The molecule has 5 heterocycles. The van der Waals surface area contributed by atoms with Crippen LogP contribution in [0.2, 0.25) is 0 Å². The van der Waals surface area contributed by atoms with Gasteiger partial charge in [-0.25, -0.2) is 14.5 Å². The molecule has 0 amide bonds. The summed E-state index contributed by atoms with van der Waals surface area (Å²) in [5.41, 5.74) is 4.28. The van der Waals surface area contributed by atoms with Crippen molar-refractivity contribution in [2.75, 3.05) is 0 Å². The Kier molecular flexibility index (Phi) is 3.00. The van der Waals surface area contributed by atoms with Gasteiger partial charge in [0.25, 0.3) is 0 Å². The molecule has 0 unspecified atom stereocenters. The van der Waals surface area contributed by atoms with Crippen molar-refractivity contribution in [3.8, 4) is 0 Å². The van der Waals surface area contributed by atoms with Gasteiger partial charge in [0.1, 0.15) is 0 Å². The Morgan fingerprint density at radius 3 is 2.60 bits per heavy atom. The van der Waals surface area contributed by atoms with Crippen molar-refractivity contribution in [3.05, 3.63) is 72.6 Å². The number of rotatable bonds is 2. The molecule has 6 heteroatoms. The van der Waals surface area contributed by atoms with E-state index in [0.29, 0.717) is 5.82 Å². The second-order valence-electron chi connectivity index (χ2n) is 5.60. The number of hydrogen-bond acceptors (Lipinski definition) is 5. The number of nitrogens with zero attached hydrogens (tertiary/aromatic N) is 6. The lowest BCUT2D eigenvalue weighted by Crippen LogP contribution is -1.88. The largest absolute Gasteiger partial charge is 0.256 e. The van der Waals surface area contributed by atoms with Crippen LogP contribution in [-0.2, 0) is 0 Å². The van der Waals surface area contributed by atoms with Crippen molar-refractivity contribution in [3.63, 3.8) is 0 Å². The van der Waals surface area contributed by atoms with Crippen LogP contribution >= 0.6 is 0 Å². The lowest BCUT2D eigenvalue weighted by atomic mass is 10.2. The second-order valence-corrected chi connectivity index (χ2v) is 5.60. The fourth-order valence-corrected chi connectivity index (χ4v) is 2.80. The van der Waals surface area contributed by atoms with Gasteiger partial charge in [0, 0.05) is 24.0 Å². The fraction of sp³-hybridized carbons (Fsp3) is 0. The van der Waals surface area contributed by atoms with Gasteiger partial charge in [-0.2, -0.15) is 0 Å². The monoisotopic (exact) mass is 324 g/mol. The van der Waals surface area contributed by atoms with E-state index in [9.17, 15) is 0 Å². The summed E-state index contributed by atoms with van der Waals surface area (Å²) in [5, 5.41) is 5.47. The maximum Gasteiger partial charge on any atom is 0.175 e. The molecular formula is C19H12N6. The number of pyridine rings is 4. The average Bonchev–Trinajstić information content (AvgIpc) is 3.10. The first-order valence-corrected chi connectivity index (χ1v) is 7.87. The summed E-state index contributed by atoms with van der Waals surface area (Å²) in [6.07, 6.45) is 9.17. The van der Waals surface area contributed by atoms with Crippen molar-refractivity contribution in [1.82, 2.24) is 29.5 Å². The number of aromatic nitrogens is 6. The Morgan fingerprint density at radius 1 is 0.760 bits per heavy atom. The molecule has 0 aliphatic carbocycles. The Morgan fingerprint density at radius 2 is 1.64 bits per heavy atom. The Bertz CT molecular complexity index is 1250. The highest BCUT2D eigenvalue weighted by molar-refractivity contribution is 5.91. The van der Waals surface area contributed by atoms with Gasteiger partial charge in [-0.05, 0) is 54.6 Å². The first-order valence-electron chi connectivity index (χ1n) is 7.87. The fourth-order valence-electron chi connectivity index (χ4n) is 2.80. The molecule has 6 nitrogen and oxygen atoms in total. The van der Waals surface area contributed by atoms with E-state index in [1.165, 1.54) is 0 Å². The molecule has 0 aliphatic rings. The van der Waals surface area contributed by atoms with E-state index in [1.807, 2.05) is 60.8 Å². The molecule has 0 aromatic carbocycles. The summed E-state index contributed by atoms with van der Waals surface area (Å²) in [4.78, 5) is 17.8. The molecule has 118 valence electrons. The van der Waals surface area contributed by atoms with Gasteiger partial charge >= 0.3 is 0 Å². The molecule has 0 saturated heterocycles. The maximum absolute atomic E-state index is 4.60. The summed E-state index contributed by atoms with van der Waals surface area (Å²) in [6.45, 7) is 0. The second kappa shape index (κ2) is 5.45. The summed E-state index contributed by atoms with van der Waals surface area (Å²) in [5.74, 6) is 0.629. The third kappa shape index (κ3) is 2.40.